The van der Waals surface area contributed by atoms with Gasteiger partial charge in [0.25, 0.3) is 5.91 Å². The van der Waals surface area contributed by atoms with Crippen LogP contribution in [0.5, 0.6) is 0 Å². The Balaban J connectivity index is 2.31. The number of aryl methyl sites for hydroxylation is 1. The highest BCUT2D eigenvalue weighted by atomic mass is 32.1. The number of ether oxygens (including phenoxy) is 1. The molecular formula is C14H19N3O2S. The van der Waals surface area contributed by atoms with Gasteiger partial charge in [0.1, 0.15) is 5.70 Å². The van der Waals surface area contributed by atoms with E-state index in [-0.39, 0.29) is 5.91 Å². The van der Waals surface area contributed by atoms with E-state index in [1.807, 2.05) is 19.9 Å². The molecule has 1 fully saturated rings. The Morgan fingerprint density at radius 1 is 1.45 bits per heavy atom. The van der Waals surface area contributed by atoms with Crippen LogP contribution in [0.2, 0.25) is 0 Å². The van der Waals surface area contributed by atoms with Crippen LogP contribution in [0.25, 0.3) is 6.08 Å². The summed E-state index contributed by atoms with van der Waals surface area (Å²) in [4.78, 5) is 13.4. The Bertz CT molecular complexity index is 589. The van der Waals surface area contributed by atoms with Gasteiger partial charge in [-0.15, -0.1) is 0 Å². The van der Waals surface area contributed by atoms with Crippen LogP contribution in [0.4, 0.5) is 0 Å². The number of carbonyl (C=O) groups excluding carboxylic acids is 1. The highest BCUT2D eigenvalue weighted by Crippen LogP contribution is 2.19. The van der Waals surface area contributed by atoms with Gasteiger partial charge in [0, 0.05) is 32.1 Å². The summed E-state index contributed by atoms with van der Waals surface area (Å²) in [6.45, 7) is 5.55. The number of methoxy groups -OCH3 is 1. The van der Waals surface area contributed by atoms with Crippen LogP contribution in [0.15, 0.2) is 11.8 Å². The molecule has 1 aromatic rings. The highest BCUT2D eigenvalue weighted by molar-refractivity contribution is 7.80. The lowest BCUT2D eigenvalue weighted by molar-refractivity contribution is -0.121. The molecule has 6 heteroatoms. The molecule has 0 spiro atoms. The van der Waals surface area contributed by atoms with E-state index < -0.39 is 0 Å². The summed E-state index contributed by atoms with van der Waals surface area (Å²) < 4.78 is 7.30. The van der Waals surface area contributed by atoms with Crippen molar-refractivity contribution in [1.29, 1.82) is 0 Å². The molecule has 1 aromatic heterocycles. The van der Waals surface area contributed by atoms with Gasteiger partial charge in [0.15, 0.2) is 5.11 Å². The van der Waals surface area contributed by atoms with E-state index in [0.717, 1.165) is 23.5 Å². The molecule has 2 heterocycles. The summed E-state index contributed by atoms with van der Waals surface area (Å²) in [5.74, 6) is -0.100. The van der Waals surface area contributed by atoms with Crippen molar-refractivity contribution >= 4 is 29.3 Å². The molecule has 0 radical (unpaired) electrons. The molecule has 20 heavy (non-hydrogen) atoms. The number of nitrogens with zero attached hydrogens (tertiary/aromatic N) is 2. The van der Waals surface area contributed by atoms with Crippen molar-refractivity contribution in [2.24, 2.45) is 0 Å². The predicted octanol–water partition coefficient (Wildman–Crippen LogP) is 1.44. The van der Waals surface area contributed by atoms with Gasteiger partial charge in [-0.05, 0) is 43.8 Å². The molecular weight excluding hydrogens is 274 g/mol. The minimum absolute atomic E-state index is 0.100. The molecule has 1 amide bonds. The zero-order chi connectivity index (χ0) is 14.9. The number of carbonyl (C=O) groups is 1. The Morgan fingerprint density at radius 2 is 2.15 bits per heavy atom. The molecule has 0 aromatic carbocycles. The summed E-state index contributed by atoms with van der Waals surface area (Å²) >= 11 is 5.06. The Labute approximate surface area is 124 Å². The fraction of sp³-hybridized carbons (Fsp3) is 0.429. The Hall–Kier alpha value is -1.66. The Morgan fingerprint density at radius 3 is 2.70 bits per heavy atom. The van der Waals surface area contributed by atoms with Crippen molar-refractivity contribution in [3.8, 4) is 0 Å². The molecule has 1 aliphatic heterocycles. The first-order chi connectivity index (χ1) is 9.45. The second kappa shape index (κ2) is 5.76. The van der Waals surface area contributed by atoms with Gasteiger partial charge in [-0.25, -0.2) is 0 Å². The van der Waals surface area contributed by atoms with E-state index in [0.29, 0.717) is 17.4 Å². The summed E-state index contributed by atoms with van der Waals surface area (Å²) in [5, 5.41) is 3.38. The third-order valence-electron chi connectivity index (χ3n) is 3.51. The number of hydrogen-bond donors (Lipinski definition) is 1. The van der Waals surface area contributed by atoms with Crippen LogP contribution >= 0.6 is 12.2 Å². The van der Waals surface area contributed by atoms with Crippen molar-refractivity contribution in [1.82, 2.24) is 14.8 Å². The summed E-state index contributed by atoms with van der Waals surface area (Å²) in [5.41, 5.74) is 3.80. The average Bonchev–Trinajstić information content (AvgIpc) is 2.81. The number of hydrogen-bond acceptors (Lipinski definition) is 3. The van der Waals surface area contributed by atoms with Crippen molar-refractivity contribution in [2.45, 2.75) is 20.4 Å². The van der Waals surface area contributed by atoms with E-state index in [1.165, 1.54) is 4.90 Å². The van der Waals surface area contributed by atoms with Gasteiger partial charge in [-0.3, -0.25) is 9.69 Å². The fourth-order valence-corrected chi connectivity index (χ4v) is 2.47. The van der Waals surface area contributed by atoms with Gasteiger partial charge < -0.3 is 14.6 Å². The maximum Gasteiger partial charge on any atom is 0.276 e. The van der Waals surface area contributed by atoms with Gasteiger partial charge in [-0.1, -0.05) is 0 Å². The number of amides is 1. The third kappa shape index (κ3) is 2.62. The molecule has 5 nitrogen and oxygen atoms in total. The van der Waals surface area contributed by atoms with E-state index in [2.05, 4.69) is 16.0 Å². The van der Waals surface area contributed by atoms with Crippen LogP contribution in [0.1, 0.15) is 17.0 Å². The van der Waals surface area contributed by atoms with Crippen LogP contribution in [-0.4, -0.2) is 41.3 Å². The van der Waals surface area contributed by atoms with Gasteiger partial charge in [0.2, 0.25) is 0 Å². The largest absolute Gasteiger partial charge is 0.383 e. The number of rotatable bonds is 4. The minimum atomic E-state index is -0.100. The van der Waals surface area contributed by atoms with Gasteiger partial charge in [-0.2, -0.15) is 0 Å². The molecule has 0 saturated carbocycles. The summed E-state index contributed by atoms with van der Waals surface area (Å²) in [6.07, 6.45) is 1.85. The van der Waals surface area contributed by atoms with Crippen molar-refractivity contribution in [3.63, 3.8) is 0 Å². The molecule has 0 aliphatic carbocycles. The van der Waals surface area contributed by atoms with Gasteiger partial charge in [0.05, 0.1) is 6.61 Å². The molecule has 2 rings (SSSR count). The zero-order valence-electron chi connectivity index (χ0n) is 12.2. The van der Waals surface area contributed by atoms with E-state index in [4.69, 9.17) is 17.0 Å². The summed E-state index contributed by atoms with van der Waals surface area (Å²) in [7, 11) is 3.36. The van der Waals surface area contributed by atoms with E-state index in [1.54, 1.807) is 14.2 Å². The van der Waals surface area contributed by atoms with Crippen LogP contribution in [0, 0.1) is 13.8 Å². The quantitative estimate of drug-likeness (QED) is 0.674. The van der Waals surface area contributed by atoms with Crippen LogP contribution in [-0.2, 0) is 16.1 Å². The number of aromatic nitrogens is 1. The average molecular weight is 293 g/mol. The molecule has 0 bridgehead atoms. The smallest absolute Gasteiger partial charge is 0.276 e. The number of thiocarbonyl (C=S) groups is 1. The van der Waals surface area contributed by atoms with E-state index in [9.17, 15) is 4.79 Å². The fourth-order valence-electron chi connectivity index (χ4n) is 2.28. The second-order valence-electron chi connectivity index (χ2n) is 4.82. The molecule has 1 N–H and O–H groups in total. The third-order valence-corrected chi connectivity index (χ3v) is 3.89. The van der Waals surface area contributed by atoms with E-state index >= 15 is 0 Å². The first kappa shape index (κ1) is 14.7. The monoisotopic (exact) mass is 293 g/mol. The maximum absolute atomic E-state index is 12.0. The predicted molar refractivity (Wildman–Crippen MR) is 82.3 cm³/mol. The standard InChI is InChI=1S/C14H19N3O2S/c1-9-7-11(10(2)17(9)5-6-19-4)8-12-13(18)16(3)14(20)15-12/h7-8H,5-6H2,1-4H3,(H,15,20). The molecule has 1 saturated heterocycles. The summed E-state index contributed by atoms with van der Waals surface area (Å²) in [6, 6.07) is 2.06. The normalized spacial score (nSPS) is 17.2. The van der Waals surface area contributed by atoms with Crippen LogP contribution < -0.4 is 5.32 Å². The molecule has 1 aliphatic rings. The Kier molecular flexibility index (Phi) is 4.25. The minimum Gasteiger partial charge on any atom is -0.383 e. The van der Waals surface area contributed by atoms with Crippen LogP contribution in [0.3, 0.4) is 0 Å². The van der Waals surface area contributed by atoms with Gasteiger partial charge >= 0.3 is 0 Å². The lowest BCUT2D eigenvalue weighted by atomic mass is 10.2. The lowest BCUT2D eigenvalue weighted by Crippen LogP contribution is -2.25. The second-order valence-corrected chi connectivity index (χ2v) is 5.21. The molecule has 0 unspecified atom stereocenters. The number of likely N-dealkylation sites (N-methyl/N-ethyl adjacent to an activating group) is 1. The number of nitrogens with one attached hydrogen (secondary N) is 1. The SMILES string of the molecule is COCCn1c(C)cc(C=C2NC(=S)N(C)C2=O)c1C. The first-order valence-electron chi connectivity index (χ1n) is 6.42. The zero-order valence-corrected chi connectivity index (χ0v) is 13.0. The van der Waals surface area contributed by atoms with Crippen molar-refractivity contribution in [3.05, 3.63) is 28.7 Å². The maximum atomic E-state index is 12.0. The highest BCUT2D eigenvalue weighted by Gasteiger charge is 2.27. The molecule has 108 valence electrons. The topological polar surface area (TPSA) is 46.5 Å². The first-order valence-corrected chi connectivity index (χ1v) is 6.83. The van der Waals surface area contributed by atoms with Crippen molar-refractivity contribution in [2.75, 3.05) is 20.8 Å². The molecule has 0 atom stereocenters. The lowest BCUT2D eigenvalue weighted by Gasteiger charge is -2.08. The van der Waals surface area contributed by atoms with Crippen molar-refractivity contribution < 1.29 is 9.53 Å².